The fraction of sp³-hybridized carbons (Fsp3) is 0.875. The van der Waals surface area contributed by atoms with Crippen molar-refractivity contribution in [2.24, 2.45) is 5.92 Å². The summed E-state index contributed by atoms with van der Waals surface area (Å²) in [5.74, 6) is -0.520. The summed E-state index contributed by atoms with van der Waals surface area (Å²) < 4.78 is 39.4. The normalized spacial score (nSPS) is 11.9. The first-order valence-corrected chi connectivity index (χ1v) is 5.16. The Labute approximate surface area is 85.2 Å². The molecule has 6 heteroatoms. The van der Waals surface area contributed by atoms with Gasteiger partial charge in [0.1, 0.15) is 6.61 Å². The molecule has 0 aliphatic carbocycles. The van der Waals surface area contributed by atoms with Crippen LogP contribution in [0, 0.1) is 5.92 Å². The van der Waals surface area contributed by atoms with Gasteiger partial charge < -0.3 is 4.74 Å². The van der Waals surface area contributed by atoms with Crippen molar-refractivity contribution in [3.63, 3.8) is 0 Å². The molecule has 14 heavy (non-hydrogen) atoms. The first kappa shape index (κ1) is 13.6. The van der Waals surface area contributed by atoms with E-state index in [4.69, 9.17) is 0 Å². The highest BCUT2D eigenvalue weighted by atomic mass is 32.2. The summed E-state index contributed by atoms with van der Waals surface area (Å²) in [5, 5.41) is 0. The Bertz CT molecular complexity index is 180. The summed E-state index contributed by atoms with van der Waals surface area (Å²) in [4.78, 5) is 10.9. The van der Waals surface area contributed by atoms with Gasteiger partial charge in [-0.2, -0.15) is 13.2 Å². The second-order valence-corrected chi connectivity index (χ2v) is 4.27. The molecule has 0 aromatic heterocycles. The van der Waals surface area contributed by atoms with Crippen molar-refractivity contribution in [1.82, 2.24) is 0 Å². The number of esters is 1. The van der Waals surface area contributed by atoms with Crippen molar-refractivity contribution in [3.05, 3.63) is 0 Å². The van der Waals surface area contributed by atoms with Crippen molar-refractivity contribution in [1.29, 1.82) is 0 Å². The molecular formula is C8H13F3O2S. The third-order valence-electron chi connectivity index (χ3n) is 1.19. The predicted molar refractivity (Wildman–Crippen MR) is 48.9 cm³/mol. The average Bonchev–Trinajstić information content (AvgIpc) is 1.95. The van der Waals surface area contributed by atoms with Crippen molar-refractivity contribution in [2.45, 2.75) is 25.8 Å². The zero-order valence-corrected chi connectivity index (χ0v) is 8.87. The summed E-state index contributed by atoms with van der Waals surface area (Å²) in [6.07, 6.45) is 0.247. The van der Waals surface area contributed by atoms with Crippen LogP contribution in [-0.2, 0) is 9.53 Å². The third kappa shape index (κ3) is 9.70. The summed E-state index contributed by atoms with van der Waals surface area (Å²) >= 11 is -0.183. The minimum absolute atomic E-state index is 0.165. The molecule has 2 nitrogen and oxygen atoms in total. The van der Waals surface area contributed by atoms with Gasteiger partial charge in [0.25, 0.3) is 0 Å². The lowest BCUT2D eigenvalue weighted by Crippen LogP contribution is -2.12. The number of thioether (sulfide) groups is 1. The van der Waals surface area contributed by atoms with Crippen LogP contribution in [0.2, 0.25) is 0 Å². The van der Waals surface area contributed by atoms with E-state index < -0.39 is 11.5 Å². The zero-order valence-electron chi connectivity index (χ0n) is 8.06. The quantitative estimate of drug-likeness (QED) is 0.536. The number of rotatable bonds is 5. The van der Waals surface area contributed by atoms with Crippen molar-refractivity contribution in [2.75, 3.05) is 12.4 Å². The van der Waals surface area contributed by atoms with Crippen LogP contribution >= 0.6 is 11.8 Å². The summed E-state index contributed by atoms with van der Waals surface area (Å²) in [6.45, 7) is 3.49. The Hall–Kier alpha value is -0.390. The van der Waals surface area contributed by atoms with E-state index in [2.05, 4.69) is 4.74 Å². The highest BCUT2D eigenvalue weighted by molar-refractivity contribution is 8.00. The van der Waals surface area contributed by atoms with E-state index >= 15 is 0 Å². The predicted octanol–water partition coefficient (Wildman–Crippen LogP) is 2.83. The molecular weight excluding hydrogens is 217 g/mol. The van der Waals surface area contributed by atoms with Crippen LogP contribution < -0.4 is 0 Å². The first-order chi connectivity index (χ1) is 6.31. The second-order valence-electron chi connectivity index (χ2n) is 3.11. The molecule has 0 saturated carbocycles. The number of halogens is 3. The van der Waals surface area contributed by atoms with Crippen molar-refractivity contribution < 1.29 is 22.7 Å². The molecule has 0 aromatic carbocycles. The van der Waals surface area contributed by atoms with E-state index in [1.807, 2.05) is 13.8 Å². The first-order valence-electron chi connectivity index (χ1n) is 4.17. The van der Waals surface area contributed by atoms with Crippen LogP contribution in [0.4, 0.5) is 13.2 Å². The van der Waals surface area contributed by atoms with Crippen molar-refractivity contribution >= 4 is 17.7 Å². The Balaban J connectivity index is 3.41. The van der Waals surface area contributed by atoms with E-state index in [0.29, 0.717) is 0 Å². The van der Waals surface area contributed by atoms with E-state index in [1.54, 1.807) is 0 Å². The van der Waals surface area contributed by atoms with Gasteiger partial charge in [0.05, 0.1) is 0 Å². The molecule has 0 rings (SSSR count). The van der Waals surface area contributed by atoms with Crippen molar-refractivity contribution in [3.8, 4) is 0 Å². The molecule has 0 amide bonds. The fourth-order valence-electron chi connectivity index (χ4n) is 0.705. The van der Waals surface area contributed by atoms with Crippen LogP contribution in [0.3, 0.4) is 0 Å². The number of hydrogen-bond acceptors (Lipinski definition) is 3. The summed E-state index contributed by atoms with van der Waals surface area (Å²) in [7, 11) is 0. The third-order valence-corrected chi connectivity index (χ3v) is 1.89. The molecule has 0 atom stereocenters. The lowest BCUT2D eigenvalue weighted by molar-refractivity contribution is -0.143. The number of hydrogen-bond donors (Lipinski definition) is 0. The van der Waals surface area contributed by atoms with Gasteiger partial charge in [0.2, 0.25) is 0 Å². The van der Waals surface area contributed by atoms with Gasteiger partial charge in [-0.05, 0) is 17.7 Å². The molecule has 0 aliphatic heterocycles. The number of carbonyl (C=O) groups excluding carboxylic acids is 1. The van der Waals surface area contributed by atoms with Gasteiger partial charge in [-0.3, -0.25) is 4.79 Å². The summed E-state index contributed by atoms with van der Waals surface area (Å²) in [5.41, 5.74) is -4.25. The molecule has 0 radical (unpaired) electrons. The molecule has 0 heterocycles. The van der Waals surface area contributed by atoms with Crippen LogP contribution in [0.5, 0.6) is 0 Å². The van der Waals surface area contributed by atoms with Gasteiger partial charge in [-0.15, -0.1) is 0 Å². The molecule has 0 N–H and O–H groups in total. The maximum atomic E-state index is 11.6. The second kappa shape index (κ2) is 6.16. The molecule has 0 spiro atoms. The van der Waals surface area contributed by atoms with Gasteiger partial charge in [0.15, 0.2) is 0 Å². The SMILES string of the molecule is CC(C)CC(=O)OCCSC(F)(F)F. The molecule has 0 fully saturated rings. The number of ether oxygens (including phenoxy) is 1. The molecule has 0 unspecified atom stereocenters. The highest BCUT2D eigenvalue weighted by Gasteiger charge is 2.27. The lowest BCUT2D eigenvalue weighted by atomic mass is 10.1. The molecule has 0 aliphatic rings. The fourth-order valence-corrected chi connectivity index (χ4v) is 1.10. The van der Waals surface area contributed by atoms with E-state index in [0.717, 1.165) is 0 Å². The van der Waals surface area contributed by atoms with Gasteiger partial charge in [-0.1, -0.05) is 13.8 Å². The van der Waals surface area contributed by atoms with E-state index in [-0.39, 0.29) is 36.5 Å². The zero-order chi connectivity index (χ0) is 11.2. The molecule has 0 bridgehead atoms. The minimum atomic E-state index is -4.25. The number of carbonyl (C=O) groups is 1. The van der Waals surface area contributed by atoms with E-state index in [9.17, 15) is 18.0 Å². The van der Waals surface area contributed by atoms with Crippen LogP contribution in [0.25, 0.3) is 0 Å². The smallest absolute Gasteiger partial charge is 0.441 e. The minimum Gasteiger partial charge on any atom is -0.465 e. The monoisotopic (exact) mass is 230 g/mol. The van der Waals surface area contributed by atoms with Gasteiger partial charge in [0, 0.05) is 12.2 Å². The largest absolute Gasteiger partial charge is 0.465 e. The highest BCUT2D eigenvalue weighted by Crippen LogP contribution is 2.29. The lowest BCUT2D eigenvalue weighted by Gasteiger charge is -2.07. The maximum Gasteiger partial charge on any atom is 0.441 e. The average molecular weight is 230 g/mol. The van der Waals surface area contributed by atoms with Crippen LogP contribution in [-0.4, -0.2) is 23.8 Å². The Kier molecular flexibility index (Phi) is 5.99. The van der Waals surface area contributed by atoms with E-state index in [1.165, 1.54) is 0 Å². The van der Waals surface area contributed by atoms with Gasteiger partial charge in [-0.25, -0.2) is 0 Å². The standard InChI is InChI=1S/C8H13F3O2S/c1-6(2)5-7(12)13-3-4-14-8(9,10)11/h6H,3-5H2,1-2H3. The Morgan fingerprint density at radius 3 is 2.43 bits per heavy atom. The number of alkyl halides is 3. The topological polar surface area (TPSA) is 26.3 Å². The molecule has 0 saturated heterocycles. The Morgan fingerprint density at radius 2 is 2.00 bits per heavy atom. The summed E-state index contributed by atoms with van der Waals surface area (Å²) in [6, 6.07) is 0. The van der Waals surface area contributed by atoms with Crippen LogP contribution in [0.15, 0.2) is 0 Å². The Morgan fingerprint density at radius 1 is 1.43 bits per heavy atom. The van der Waals surface area contributed by atoms with Crippen LogP contribution in [0.1, 0.15) is 20.3 Å². The molecule has 0 aromatic rings. The molecule has 84 valence electrons. The maximum absolute atomic E-state index is 11.6. The van der Waals surface area contributed by atoms with Gasteiger partial charge >= 0.3 is 11.5 Å².